The van der Waals surface area contributed by atoms with Crippen LogP contribution >= 0.6 is 11.3 Å². The zero-order valence-corrected chi connectivity index (χ0v) is 12.0. The van der Waals surface area contributed by atoms with Crippen molar-refractivity contribution < 1.29 is 13.9 Å². The van der Waals surface area contributed by atoms with Crippen LogP contribution in [0.25, 0.3) is 11.5 Å². The van der Waals surface area contributed by atoms with Crippen LogP contribution in [-0.4, -0.2) is 18.0 Å². The summed E-state index contributed by atoms with van der Waals surface area (Å²) in [7, 11) is 1.53. The highest BCUT2D eigenvalue weighted by atomic mass is 32.1. The Morgan fingerprint density at radius 1 is 1.29 bits per heavy atom. The second-order valence-electron chi connectivity index (χ2n) is 4.17. The van der Waals surface area contributed by atoms with E-state index in [1.807, 2.05) is 17.5 Å². The van der Waals surface area contributed by atoms with Crippen LogP contribution in [0.3, 0.4) is 0 Å². The first-order valence-electron chi connectivity index (χ1n) is 6.21. The van der Waals surface area contributed by atoms with E-state index in [2.05, 4.69) is 10.3 Å². The molecule has 6 heteroatoms. The largest absolute Gasteiger partial charge is 0.496 e. The summed E-state index contributed by atoms with van der Waals surface area (Å²) in [5.41, 5.74) is 1.16. The van der Waals surface area contributed by atoms with E-state index in [1.54, 1.807) is 30.5 Å². The number of anilines is 1. The van der Waals surface area contributed by atoms with Gasteiger partial charge in [0.15, 0.2) is 10.9 Å². The molecule has 0 bridgehead atoms. The van der Waals surface area contributed by atoms with E-state index in [0.29, 0.717) is 27.9 Å². The second kappa shape index (κ2) is 5.80. The van der Waals surface area contributed by atoms with Crippen molar-refractivity contribution in [2.24, 2.45) is 0 Å². The Hall–Kier alpha value is -2.60. The van der Waals surface area contributed by atoms with Crippen LogP contribution < -0.4 is 10.1 Å². The minimum absolute atomic E-state index is 0.257. The molecule has 3 rings (SSSR count). The molecule has 0 fully saturated rings. The lowest BCUT2D eigenvalue weighted by atomic mass is 10.2. The van der Waals surface area contributed by atoms with Gasteiger partial charge in [0.1, 0.15) is 11.4 Å². The van der Waals surface area contributed by atoms with E-state index in [0.717, 1.165) is 0 Å². The van der Waals surface area contributed by atoms with Crippen LogP contribution in [-0.2, 0) is 0 Å². The van der Waals surface area contributed by atoms with Gasteiger partial charge in [-0.05, 0) is 24.3 Å². The predicted molar refractivity (Wildman–Crippen MR) is 80.8 cm³/mol. The quantitative estimate of drug-likeness (QED) is 0.798. The Morgan fingerprint density at radius 3 is 2.90 bits per heavy atom. The van der Waals surface area contributed by atoms with Gasteiger partial charge in [0.25, 0.3) is 5.91 Å². The topological polar surface area (TPSA) is 64.4 Å². The summed E-state index contributed by atoms with van der Waals surface area (Å²) in [6.07, 6.45) is 1.59. The number of para-hydroxylation sites is 1. The third kappa shape index (κ3) is 2.80. The van der Waals surface area contributed by atoms with Gasteiger partial charge >= 0.3 is 0 Å². The molecule has 0 atom stereocenters. The number of nitrogens with zero attached hydrogens (tertiary/aromatic N) is 1. The molecular formula is C15H12N2O3S. The monoisotopic (exact) mass is 300 g/mol. The number of nitrogens with one attached hydrogen (secondary N) is 1. The van der Waals surface area contributed by atoms with Gasteiger partial charge in [0.2, 0.25) is 0 Å². The van der Waals surface area contributed by atoms with E-state index in [-0.39, 0.29) is 5.91 Å². The average molecular weight is 300 g/mol. The first kappa shape index (κ1) is 13.4. The maximum absolute atomic E-state index is 12.2. The molecule has 0 aliphatic heterocycles. The van der Waals surface area contributed by atoms with Gasteiger partial charge in [-0.1, -0.05) is 12.1 Å². The van der Waals surface area contributed by atoms with Crippen molar-refractivity contribution in [3.63, 3.8) is 0 Å². The number of rotatable bonds is 4. The molecule has 0 spiro atoms. The zero-order valence-electron chi connectivity index (χ0n) is 11.2. The summed E-state index contributed by atoms with van der Waals surface area (Å²) in [5, 5.41) is 5.10. The Balaban J connectivity index is 1.79. The standard InChI is InChI=1S/C15H12N2O3S/c1-19-12-6-3-2-5-10(12)14(18)17-15-16-11(9-21-15)13-7-4-8-20-13/h2-9H,1H3,(H,16,17,18). The molecular weight excluding hydrogens is 288 g/mol. The molecule has 0 saturated heterocycles. The van der Waals surface area contributed by atoms with Crippen LogP contribution in [0.15, 0.2) is 52.5 Å². The van der Waals surface area contributed by atoms with Crippen molar-refractivity contribution in [1.29, 1.82) is 0 Å². The van der Waals surface area contributed by atoms with Gasteiger partial charge in [-0.15, -0.1) is 11.3 Å². The van der Waals surface area contributed by atoms with E-state index in [1.165, 1.54) is 18.4 Å². The first-order chi connectivity index (χ1) is 10.3. The number of furan rings is 1. The fraction of sp³-hybridized carbons (Fsp3) is 0.0667. The number of methoxy groups -OCH3 is 1. The lowest BCUT2D eigenvalue weighted by Gasteiger charge is -2.06. The molecule has 1 aromatic carbocycles. The van der Waals surface area contributed by atoms with E-state index in [4.69, 9.17) is 9.15 Å². The lowest BCUT2D eigenvalue weighted by molar-refractivity contribution is 0.102. The van der Waals surface area contributed by atoms with Crippen LogP contribution in [0, 0.1) is 0 Å². The summed E-state index contributed by atoms with van der Waals surface area (Å²) >= 11 is 1.34. The summed E-state index contributed by atoms with van der Waals surface area (Å²) in [6.45, 7) is 0. The van der Waals surface area contributed by atoms with Crippen molar-refractivity contribution in [3.8, 4) is 17.2 Å². The van der Waals surface area contributed by atoms with Crippen LogP contribution in [0.1, 0.15) is 10.4 Å². The number of carbonyl (C=O) groups is 1. The lowest BCUT2D eigenvalue weighted by Crippen LogP contribution is -2.12. The summed E-state index contributed by atoms with van der Waals surface area (Å²) in [4.78, 5) is 16.6. The molecule has 106 valence electrons. The zero-order chi connectivity index (χ0) is 14.7. The number of hydrogen-bond donors (Lipinski definition) is 1. The molecule has 0 aliphatic carbocycles. The third-order valence-corrected chi connectivity index (χ3v) is 3.61. The molecule has 2 heterocycles. The highest BCUT2D eigenvalue weighted by Crippen LogP contribution is 2.26. The maximum Gasteiger partial charge on any atom is 0.261 e. The number of carbonyl (C=O) groups excluding carboxylic acids is 1. The van der Waals surface area contributed by atoms with E-state index in [9.17, 15) is 4.79 Å². The SMILES string of the molecule is COc1ccccc1C(=O)Nc1nc(-c2ccco2)cs1. The maximum atomic E-state index is 12.2. The van der Waals surface area contributed by atoms with Crippen molar-refractivity contribution in [2.75, 3.05) is 12.4 Å². The third-order valence-electron chi connectivity index (χ3n) is 2.85. The molecule has 0 unspecified atom stereocenters. The number of ether oxygens (including phenoxy) is 1. The van der Waals surface area contributed by atoms with Gasteiger partial charge in [-0.2, -0.15) is 0 Å². The predicted octanol–water partition coefficient (Wildman–Crippen LogP) is 3.66. The number of aromatic nitrogens is 1. The highest BCUT2D eigenvalue weighted by molar-refractivity contribution is 7.14. The van der Waals surface area contributed by atoms with Crippen molar-refractivity contribution >= 4 is 22.4 Å². The highest BCUT2D eigenvalue weighted by Gasteiger charge is 2.14. The van der Waals surface area contributed by atoms with Gasteiger partial charge in [0.05, 0.1) is 18.9 Å². The molecule has 0 aliphatic rings. The molecule has 0 radical (unpaired) electrons. The molecule has 1 N–H and O–H groups in total. The van der Waals surface area contributed by atoms with E-state index < -0.39 is 0 Å². The number of amides is 1. The van der Waals surface area contributed by atoms with E-state index >= 15 is 0 Å². The first-order valence-corrected chi connectivity index (χ1v) is 7.09. The minimum Gasteiger partial charge on any atom is -0.496 e. The molecule has 2 aromatic heterocycles. The van der Waals surface area contributed by atoms with Crippen molar-refractivity contribution in [3.05, 3.63) is 53.6 Å². The van der Waals surface area contributed by atoms with Gasteiger partial charge in [-0.3, -0.25) is 10.1 Å². The van der Waals surface area contributed by atoms with Crippen molar-refractivity contribution in [2.45, 2.75) is 0 Å². The fourth-order valence-electron chi connectivity index (χ4n) is 1.87. The van der Waals surface area contributed by atoms with Crippen LogP contribution in [0.2, 0.25) is 0 Å². The Kier molecular flexibility index (Phi) is 3.70. The smallest absolute Gasteiger partial charge is 0.261 e. The Bertz CT molecular complexity index is 750. The van der Waals surface area contributed by atoms with Crippen LogP contribution in [0.5, 0.6) is 5.75 Å². The second-order valence-corrected chi connectivity index (χ2v) is 5.03. The summed E-state index contributed by atoms with van der Waals surface area (Å²) in [6, 6.07) is 10.7. The van der Waals surface area contributed by atoms with Gasteiger partial charge < -0.3 is 9.15 Å². The fourth-order valence-corrected chi connectivity index (χ4v) is 2.56. The molecule has 3 aromatic rings. The van der Waals surface area contributed by atoms with Crippen LogP contribution in [0.4, 0.5) is 5.13 Å². The number of hydrogen-bond acceptors (Lipinski definition) is 5. The molecule has 5 nitrogen and oxygen atoms in total. The normalized spacial score (nSPS) is 10.3. The average Bonchev–Trinajstić information content (AvgIpc) is 3.17. The van der Waals surface area contributed by atoms with Crippen molar-refractivity contribution in [1.82, 2.24) is 4.98 Å². The number of thiazole rings is 1. The Morgan fingerprint density at radius 2 is 2.14 bits per heavy atom. The van der Waals surface area contributed by atoms with Gasteiger partial charge in [0, 0.05) is 5.38 Å². The van der Waals surface area contributed by atoms with Gasteiger partial charge in [-0.25, -0.2) is 4.98 Å². The number of benzene rings is 1. The molecule has 21 heavy (non-hydrogen) atoms. The molecule has 1 amide bonds. The molecule has 0 saturated carbocycles. The Labute approximate surface area is 125 Å². The summed E-state index contributed by atoms with van der Waals surface area (Å²) in [5.74, 6) is 0.939. The summed E-state index contributed by atoms with van der Waals surface area (Å²) < 4.78 is 10.4. The minimum atomic E-state index is -0.257.